The highest BCUT2D eigenvalue weighted by molar-refractivity contribution is 9.10. The molecule has 0 amide bonds. The average molecular weight is 427 g/mol. The Bertz CT molecular complexity index is 979. The van der Waals surface area contributed by atoms with Gasteiger partial charge in [0.15, 0.2) is 5.69 Å². The van der Waals surface area contributed by atoms with Crippen LogP contribution in [0.15, 0.2) is 59.1 Å². The van der Waals surface area contributed by atoms with Gasteiger partial charge < -0.3 is 9.47 Å². The zero-order chi connectivity index (χ0) is 18.8. The van der Waals surface area contributed by atoms with E-state index in [2.05, 4.69) is 21.0 Å². The van der Waals surface area contributed by atoms with E-state index >= 15 is 0 Å². The highest BCUT2D eigenvalue weighted by Gasteiger charge is 2.21. The Kier molecular flexibility index (Phi) is 4.99. The number of halogens is 1. The molecule has 0 spiro atoms. The number of ether oxygens (including phenoxy) is 2. The van der Waals surface area contributed by atoms with Crippen LogP contribution in [0.4, 0.5) is 0 Å². The minimum atomic E-state index is -0.469. The van der Waals surface area contributed by atoms with Crippen LogP contribution in [0.1, 0.15) is 29.8 Å². The fraction of sp³-hybridized carbons (Fsp3) is 0.238. The molecule has 3 aromatic rings. The lowest BCUT2D eigenvalue weighted by molar-refractivity contribution is 0.0593. The summed E-state index contributed by atoms with van der Waals surface area (Å²) >= 11 is 3.57. The summed E-state index contributed by atoms with van der Waals surface area (Å²) in [6.45, 7) is 0. The molecule has 1 heterocycles. The van der Waals surface area contributed by atoms with Gasteiger partial charge in [-0.3, -0.25) is 0 Å². The van der Waals surface area contributed by atoms with Gasteiger partial charge in [0.2, 0.25) is 0 Å². The first kappa shape index (κ1) is 17.8. The number of benzene rings is 2. The fourth-order valence-corrected chi connectivity index (χ4v) is 3.46. The van der Waals surface area contributed by atoms with Gasteiger partial charge in [0.05, 0.1) is 24.6 Å². The molecule has 4 rings (SSSR count). The zero-order valence-corrected chi connectivity index (χ0v) is 16.5. The molecule has 1 saturated carbocycles. The largest absolute Gasteiger partial charge is 0.490 e. The number of carbonyl (C=O) groups excluding carboxylic acids is 1. The molecule has 1 aliphatic carbocycles. The van der Waals surface area contributed by atoms with Gasteiger partial charge in [-0.1, -0.05) is 24.3 Å². The number of hydrogen-bond acceptors (Lipinski definition) is 4. The number of carbonyl (C=O) groups is 1. The first-order chi connectivity index (χ1) is 13.2. The molecule has 27 heavy (non-hydrogen) atoms. The predicted molar refractivity (Wildman–Crippen MR) is 106 cm³/mol. The third kappa shape index (κ3) is 3.62. The molecule has 0 aliphatic heterocycles. The maximum Gasteiger partial charge on any atom is 0.358 e. The lowest BCUT2D eigenvalue weighted by atomic mass is 9.96. The number of hydrogen-bond donors (Lipinski definition) is 0. The Labute approximate surface area is 166 Å². The van der Waals surface area contributed by atoms with Gasteiger partial charge in [0, 0.05) is 10.0 Å². The molecule has 0 radical (unpaired) electrons. The molecule has 5 nitrogen and oxygen atoms in total. The number of methoxy groups -OCH3 is 1. The van der Waals surface area contributed by atoms with Crippen molar-refractivity contribution in [2.45, 2.75) is 25.4 Å². The van der Waals surface area contributed by atoms with E-state index in [1.165, 1.54) is 13.5 Å². The van der Waals surface area contributed by atoms with Crippen molar-refractivity contribution in [2.75, 3.05) is 7.11 Å². The molecule has 0 N–H and O–H groups in total. The van der Waals surface area contributed by atoms with E-state index in [9.17, 15) is 4.79 Å². The third-order valence-corrected chi connectivity index (χ3v) is 5.34. The van der Waals surface area contributed by atoms with E-state index in [1.807, 2.05) is 48.5 Å². The van der Waals surface area contributed by atoms with Gasteiger partial charge in [0.25, 0.3) is 0 Å². The van der Waals surface area contributed by atoms with Crippen LogP contribution in [0.5, 0.6) is 5.75 Å². The molecule has 1 fully saturated rings. The summed E-state index contributed by atoms with van der Waals surface area (Å²) in [4.78, 5) is 12.1. The molecule has 2 aromatic carbocycles. The Hall–Kier alpha value is -2.60. The van der Waals surface area contributed by atoms with Gasteiger partial charge in [-0.25, -0.2) is 9.48 Å². The van der Waals surface area contributed by atoms with Gasteiger partial charge >= 0.3 is 5.97 Å². The summed E-state index contributed by atoms with van der Waals surface area (Å²) in [6.07, 6.45) is 3.73. The maximum atomic E-state index is 12.1. The van der Waals surface area contributed by atoms with E-state index in [-0.39, 0.29) is 5.69 Å². The van der Waals surface area contributed by atoms with Crippen molar-refractivity contribution < 1.29 is 14.3 Å². The minimum Gasteiger partial charge on any atom is -0.490 e. The van der Waals surface area contributed by atoms with Crippen molar-refractivity contribution in [1.29, 1.82) is 0 Å². The highest BCUT2D eigenvalue weighted by Crippen LogP contribution is 2.32. The van der Waals surface area contributed by atoms with Crippen molar-refractivity contribution in [1.82, 2.24) is 9.78 Å². The van der Waals surface area contributed by atoms with Crippen molar-refractivity contribution in [3.05, 3.63) is 64.8 Å². The molecule has 6 heteroatoms. The number of aromatic nitrogens is 2. The minimum absolute atomic E-state index is 0.258. The van der Waals surface area contributed by atoms with Crippen LogP contribution in [0.25, 0.3) is 16.9 Å². The Morgan fingerprint density at radius 2 is 1.96 bits per heavy atom. The second kappa shape index (κ2) is 7.56. The number of para-hydroxylation sites is 1. The number of esters is 1. The summed E-state index contributed by atoms with van der Waals surface area (Å²) in [5, 5.41) is 4.48. The van der Waals surface area contributed by atoms with Crippen LogP contribution in [-0.4, -0.2) is 29.0 Å². The Morgan fingerprint density at radius 1 is 1.15 bits per heavy atom. The third-order valence-electron chi connectivity index (χ3n) is 4.67. The van der Waals surface area contributed by atoms with E-state index in [4.69, 9.17) is 9.47 Å². The van der Waals surface area contributed by atoms with Crippen molar-refractivity contribution in [3.63, 3.8) is 0 Å². The van der Waals surface area contributed by atoms with Crippen LogP contribution in [0, 0.1) is 0 Å². The van der Waals surface area contributed by atoms with Gasteiger partial charge in [-0.15, -0.1) is 0 Å². The second-order valence-electron chi connectivity index (χ2n) is 6.47. The van der Waals surface area contributed by atoms with Crippen LogP contribution < -0.4 is 4.74 Å². The fourth-order valence-electron chi connectivity index (χ4n) is 3.01. The molecule has 0 bridgehead atoms. The smallest absolute Gasteiger partial charge is 0.358 e. The zero-order valence-electron chi connectivity index (χ0n) is 14.9. The molecule has 0 unspecified atom stereocenters. The molecule has 0 atom stereocenters. The SMILES string of the molecule is COC(=O)c1cc(-c2cccc(OC3CCC3)c2)n(-c2ccccc2Br)n1. The Morgan fingerprint density at radius 3 is 2.67 bits per heavy atom. The van der Waals surface area contributed by atoms with Gasteiger partial charge in [0.1, 0.15) is 5.75 Å². The van der Waals surface area contributed by atoms with Crippen molar-refractivity contribution in [2.24, 2.45) is 0 Å². The normalized spacial score (nSPS) is 13.9. The first-order valence-corrected chi connectivity index (χ1v) is 9.65. The highest BCUT2D eigenvalue weighted by atomic mass is 79.9. The van der Waals surface area contributed by atoms with Crippen molar-refractivity contribution in [3.8, 4) is 22.7 Å². The molecule has 1 aliphatic rings. The maximum absolute atomic E-state index is 12.1. The Balaban J connectivity index is 1.79. The van der Waals surface area contributed by atoms with E-state index in [0.717, 1.165) is 40.0 Å². The molecule has 1 aromatic heterocycles. The molecule has 138 valence electrons. The number of nitrogens with zero attached hydrogens (tertiary/aromatic N) is 2. The van der Waals surface area contributed by atoms with Crippen LogP contribution in [0.3, 0.4) is 0 Å². The molecular formula is C21H19BrN2O3. The standard InChI is InChI=1S/C21H19BrN2O3/c1-26-21(25)18-13-20(24(23-18)19-11-3-2-10-17(19)22)14-6-4-9-16(12-14)27-15-7-5-8-15/h2-4,6,9-13,15H,5,7-8H2,1H3. The average Bonchev–Trinajstić information content (AvgIpc) is 3.10. The topological polar surface area (TPSA) is 53.4 Å². The summed E-state index contributed by atoms with van der Waals surface area (Å²) in [7, 11) is 1.35. The van der Waals surface area contributed by atoms with Crippen molar-refractivity contribution >= 4 is 21.9 Å². The predicted octanol–water partition coefficient (Wildman–Crippen LogP) is 5.02. The van der Waals surface area contributed by atoms with Crippen LogP contribution in [0.2, 0.25) is 0 Å². The number of rotatable bonds is 5. The lowest BCUT2D eigenvalue weighted by Gasteiger charge is -2.26. The van der Waals surface area contributed by atoms with Gasteiger partial charge in [-0.05, 0) is 65.5 Å². The summed E-state index contributed by atoms with van der Waals surface area (Å²) in [5.74, 6) is 0.362. The first-order valence-electron chi connectivity index (χ1n) is 8.86. The summed E-state index contributed by atoms with van der Waals surface area (Å²) in [6, 6.07) is 17.4. The summed E-state index contributed by atoms with van der Waals surface area (Å²) < 4.78 is 13.5. The lowest BCUT2D eigenvalue weighted by Crippen LogP contribution is -2.24. The monoisotopic (exact) mass is 426 g/mol. The second-order valence-corrected chi connectivity index (χ2v) is 7.32. The van der Waals surface area contributed by atoms with E-state index in [0.29, 0.717) is 6.10 Å². The van der Waals surface area contributed by atoms with E-state index in [1.54, 1.807) is 10.7 Å². The molecular weight excluding hydrogens is 408 g/mol. The molecule has 0 saturated heterocycles. The van der Waals surface area contributed by atoms with Crippen LogP contribution in [-0.2, 0) is 4.74 Å². The summed E-state index contributed by atoms with van der Waals surface area (Å²) in [5.41, 5.74) is 2.81. The van der Waals surface area contributed by atoms with E-state index < -0.39 is 5.97 Å². The van der Waals surface area contributed by atoms with Crippen LogP contribution >= 0.6 is 15.9 Å². The quantitative estimate of drug-likeness (QED) is 0.537. The van der Waals surface area contributed by atoms with Gasteiger partial charge in [-0.2, -0.15) is 5.10 Å².